The highest BCUT2D eigenvalue weighted by molar-refractivity contribution is 5.83. The second-order valence-corrected chi connectivity index (χ2v) is 4.10. The van der Waals surface area contributed by atoms with Crippen LogP contribution in [-0.2, 0) is 33.6 Å². The van der Waals surface area contributed by atoms with Crippen LogP contribution < -0.4 is 0 Å². The van der Waals surface area contributed by atoms with Crippen LogP contribution in [0.15, 0.2) is 0 Å². The second-order valence-electron chi connectivity index (χ2n) is 4.10. The van der Waals surface area contributed by atoms with E-state index in [0.29, 0.717) is 6.42 Å². The maximum atomic E-state index is 11.6. The lowest BCUT2D eigenvalue weighted by Gasteiger charge is -2.29. The predicted molar refractivity (Wildman–Crippen MR) is 56.7 cm³/mol. The van der Waals surface area contributed by atoms with Crippen LogP contribution in [0.5, 0.6) is 0 Å². The Kier molecular flexibility index (Phi) is 4.66. The van der Waals surface area contributed by atoms with E-state index in [9.17, 15) is 14.4 Å². The van der Waals surface area contributed by atoms with Crippen LogP contribution in [0.2, 0.25) is 0 Å². The SMILES string of the molecule is CCC(C)C(=O)OOC(=O)C1(C)OCCC(=O)O1. The van der Waals surface area contributed by atoms with Crippen molar-refractivity contribution in [3.63, 3.8) is 0 Å². The van der Waals surface area contributed by atoms with Crippen molar-refractivity contribution in [1.29, 1.82) is 0 Å². The Balaban J connectivity index is 2.49. The van der Waals surface area contributed by atoms with E-state index in [-0.39, 0.29) is 18.9 Å². The third-order valence-corrected chi connectivity index (χ3v) is 2.58. The van der Waals surface area contributed by atoms with Gasteiger partial charge < -0.3 is 9.47 Å². The van der Waals surface area contributed by atoms with Gasteiger partial charge in [-0.05, 0) is 6.42 Å². The molecule has 1 fully saturated rings. The van der Waals surface area contributed by atoms with Crippen molar-refractivity contribution in [3.8, 4) is 0 Å². The van der Waals surface area contributed by atoms with Crippen LogP contribution in [0.1, 0.15) is 33.6 Å². The number of hydrogen-bond acceptors (Lipinski definition) is 7. The molecule has 1 rings (SSSR count). The van der Waals surface area contributed by atoms with E-state index in [0.717, 1.165) is 0 Å². The van der Waals surface area contributed by atoms with E-state index < -0.39 is 23.7 Å². The zero-order valence-electron chi connectivity index (χ0n) is 10.6. The van der Waals surface area contributed by atoms with E-state index in [1.807, 2.05) is 0 Å². The molecule has 7 nitrogen and oxygen atoms in total. The summed E-state index contributed by atoms with van der Waals surface area (Å²) in [4.78, 5) is 42.6. The fourth-order valence-corrected chi connectivity index (χ4v) is 1.13. The Bertz CT molecular complexity index is 351. The maximum Gasteiger partial charge on any atom is 0.426 e. The molecule has 102 valence electrons. The summed E-state index contributed by atoms with van der Waals surface area (Å²) in [5.74, 6) is -4.57. The minimum Gasteiger partial charge on any atom is -0.421 e. The summed E-state index contributed by atoms with van der Waals surface area (Å²) >= 11 is 0. The number of cyclic esters (lactones) is 1. The molecule has 0 aliphatic carbocycles. The van der Waals surface area contributed by atoms with Gasteiger partial charge in [0.25, 0.3) is 0 Å². The summed E-state index contributed by atoms with van der Waals surface area (Å²) < 4.78 is 9.74. The largest absolute Gasteiger partial charge is 0.426 e. The molecule has 0 amide bonds. The normalized spacial score (nSPS) is 24.9. The second kappa shape index (κ2) is 5.81. The van der Waals surface area contributed by atoms with Crippen molar-refractivity contribution in [2.24, 2.45) is 5.92 Å². The Morgan fingerprint density at radius 1 is 1.44 bits per heavy atom. The first kappa shape index (κ1) is 14.4. The van der Waals surface area contributed by atoms with Crippen molar-refractivity contribution in [1.82, 2.24) is 0 Å². The summed E-state index contributed by atoms with van der Waals surface area (Å²) in [7, 11) is 0. The number of rotatable bonds is 3. The molecule has 0 bridgehead atoms. The first-order valence-electron chi connectivity index (χ1n) is 5.67. The quantitative estimate of drug-likeness (QED) is 0.419. The molecular formula is C11H16O7. The van der Waals surface area contributed by atoms with Gasteiger partial charge in [-0.3, -0.25) is 4.79 Å². The molecule has 0 aromatic heterocycles. The van der Waals surface area contributed by atoms with Gasteiger partial charge in [0.1, 0.15) is 0 Å². The Morgan fingerprint density at radius 2 is 2.11 bits per heavy atom. The molecule has 2 atom stereocenters. The number of hydrogen-bond donors (Lipinski definition) is 0. The van der Waals surface area contributed by atoms with Gasteiger partial charge in [0, 0.05) is 6.92 Å². The molecule has 1 heterocycles. The van der Waals surface area contributed by atoms with E-state index >= 15 is 0 Å². The molecular weight excluding hydrogens is 244 g/mol. The summed E-state index contributed by atoms with van der Waals surface area (Å²) in [5.41, 5.74) is 0. The number of carbonyl (C=O) groups excluding carboxylic acids is 3. The maximum absolute atomic E-state index is 11.6. The first-order valence-corrected chi connectivity index (χ1v) is 5.67. The molecule has 0 saturated carbocycles. The fourth-order valence-electron chi connectivity index (χ4n) is 1.13. The molecule has 18 heavy (non-hydrogen) atoms. The summed E-state index contributed by atoms with van der Waals surface area (Å²) in [5, 5.41) is 0. The van der Waals surface area contributed by atoms with Gasteiger partial charge in [0.05, 0.1) is 18.9 Å². The molecule has 7 heteroatoms. The lowest BCUT2D eigenvalue weighted by Crippen LogP contribution is -2.48. The number of esters is 1. The minimum absolute atomic E-state index is 0.0454. The fraction of sp³-hybridized carbons (Fsp3) is 0.727. The van der Waals surface area contributed by atoms with E-state index in [2.05, 4.69) is 9.78 Å². The third-order valence-electron chi connectivity index (χ3n) is 2.58. The highest BCUT2D eigenvalue weighted by Gasteiger charge is 2.45. The molecule has 0 N–H and O–H groups in total. The predicted octanol–water partition coefficient (Wildman–Crippen LogP) is 0.714. The summed E-state index contributed by atoms with van der Waals surface area (Å²) in [6, 6.07) is 0. The van der Waals surface area contributed by atoms with Crippen molar-refractivity contribution >= 4 is 17.9 Å². The lowest BCUT2D eigenvalue weighted by atomic mass is 10.1. The topological polar surface area (TPSA) is 88.1 Å². The summed E-state index contributed by atoms with van der Waals surface area (Å²) in [6.07, 6.45) is 0.620. The molecule has 0 aromatic rings. The van der Waals surface area contributed by atoms with E-state index in [1.165, 1.54) is 6.92 Å². The van der Waals surface area contributed by atoms with E-state index in [4.69, 9.17) is 9.47 Å². The monoisotopic (exact) mass is 260 g/mol. The Labute approximate surface area is 104 Å². The number of carbonyl (C=O) groups is 3. The molecule has 1 aliphatic heterocycles. The third kappa shape index (κ3) is 3.43. The van der Waals surface area contributed by atoms with Crippen LogP contribution >= 0.6 is 0 Å². The summed E-state index contributed by atoms with van der Waals surface area (Å²) in [6.45, 7) is 4.70. The van der Waals surface area contributed by atoms with Crippen molar-refractivity contribution in [2.75, 3.05) is 6.61 Å². The smallest absolute Gasteiger partial charge is 0.421 e. The van der Waals surface area contributed by atoms with Gasteiger partial charge in [0.15, 0.2) is 0 Å². The standard InChI is InChI=1S/C11H16O7/c1-4-7(2)9(13)17-18-10(14)11(3)15-6-5-8(12)16-11/h7H,4-6H2,1-3H3. The highest BCUT2D eigenvalue weighted by Crippen LogP contribution is 2.21. The van der Waals surface area contributed by atoms with Gasteiger partial charge in [-0.1, -0.05) is 13.8 Å². The van der Waals surface area contributed by atoms with Gasteiger partial charge in [-0.15, -0.1) is 0 Å². The van der Waals surface area contributed by atoms with Crippen LogP contribution in [0.3, 0.4) is 0 Å². The van der Waals surface area contributed by atoms with Gasteiger partial charge in [-0.2, -0.15) is 0 Å². The van der Waals surface area contributed by atoms with Crippen molar-refractivity contribution in [3.05, 3.63) is 0 Å². The van der Waals surface area contributed by atoms with Crippen LogP contribution in [0.4, 0.5) is 0 Å². The molecule has 0 spiro atoms. The van der Waals surface area contributed by atoms with Gasteiger partial charge >= 0.3 is 23.7 Å². The Hall–Kier alpha value is -1.63. The van der Waals surface area contributed by atoms with Crippen LogP contribution in [-0.4, -0.2) is 30.3 Å². The van der Waals surface area contributed by atoms with Crippen molar-refractivity contribution in [2.45, 2.75) is 39.4 Å². The Morgan fingerprint density at radius 3 is 2.67 bits per heavy atom. The minimum atomic E-state index is -1.86. The molecule has 0 aromatic carbocycles. The van der Waals surface area contributed by atoms with E-state index in [1.54, 1.807) is 13.8 Å². The number of ether oxygens (including phenoxy) is 2. The highest BCUT2D eigenvalue weighted by atomic mass is 17.2. The van der Waals surface area contributed by atoms with Crippen LogP contribution in [0, 0.1) is 5.92 Å². The van der Waals surface area contributed by atoms with Gasteiger partial charge in [-0.25, -0.2) is 19.4 Å². The first-order chi connectivity index (χ1) is 8.39. The molecule has 1 aliphatic rings. The zero-order chi connectivity index (χ0) is 13.8. The molecule has 1 saturated heterocycles. The average Bonchev–Trinajstić information content (AvgIpc) is 2.34. The average molecular weight is 260 g/mol. The van der Waals surface area contributed by atoms with Gasteiger partial charge in [0.2, 0.25) is 0 Å². The molecule has 2 unspecified atom stereocenters. The van der Waals surface area contributed by atoms with Crippen molar-refractivity contribution < 1.29 is 33.6 Å². The lowest BCUT2D eigenvalue weighted by molar-refractivity contribution is -0.302. The molecule has 0 radical (unpaired) electrons. The van der Waals surface area contributed by atoms with Crippen LogP contribution in [0.25, 0.3) is 0 Å². The zero-order valence-corrected chi connectivity index (χ0v) is 10.6.